The Kier molecular flexibility index (Phi) is 4.94. The SMILES string of the molecule is CC(C)OC(=O)[C@H](C)n1nnc2sc3c(c2c1=O)CC[C@H](C(C)(C)C)C3. The minimum Gasteiger partial charge on any atom is -0.461 e. The first-order chi connectivity index (χ1) is 12.1. The summed E-state index contributed by atoms with van der Waals surface area (Å²) in [6.45, 7) is 12.0. The molecule has 0 saturated heterocycles. The molecule has 2 aromatic rings. The Bertz CT molecular complexity index is 892. The normalized spacial score (nSPS) is 18.8. The molecule has 0 unspecified atom stereocenters. The van der Waals surface area contributed by atoms with Gasteiger partial charge in [-0.3, -0.25) is 4.79 Å². The first kappa shape index (κ1) is 19.0. The standard InChI is InChI=1S/C19H27N3O3S/c1-10(2)25-18(24)11(3)22-17(23)15-13-8-7-12(19(4,5)6)9-14(13)26-16(15)20-21-22/h10-12H,7-9H2,1-6H3/t11-,12-/m0/s1. The summed E-state index contributed by atoms with van der Waals surface area (Å²) in [4.78, 5) is 27.1. The topological polar surface area (TPSA) is 74.1 Å². The molecule has 0 N–H and O–H groups in total. The molecule has 2 aromatic heterocycles. The predicted octanol–water partition coefficient (Wildman–Crippen LogP) is 3.52. The lowest BCUT2D eigenvalue weighted by Gasteiger charge is -2.33. The van der Waals surface area contributed by atoms with Crippen molar-refractivity contribution in [2.45, 2.75) is 73.0 Å². The minimum atomic E-state index is -0.789. The minimum absolute atomic E-state index is 0.236. The van der Waals surface area contributed by atoms with Gasteiger partial charge in [0.15, 0.2) is 10.9 Å². The monoisotopic (exact) mass is 377 g/mol. The lowest BCUT2D eigenvalue weighted by Crippen LogP contribution is -2.33. The van der Waals surface area contributed by atoms with E-state index in [-0.39, 0.29) is 17.1 Å². The highest BCUT2D eigenvalue weighted by molar-refractivity contribution is 7.18. The molecule has 6 nitrogen and oxygen atoms in total. The van der Waals surface area contributed by atoms with E-state index in [4.69, 9.17) is 4.74 Å². The fourth-order valence-electron chi connectivity index (χ4n) is 3.53. The van der Waals surface area contributed by atoms with Gasteiger partial charge in [-0.1, -0.05) is 26.0 Å². The first-order valence-electron chi connectivity index (χ1n) is 9.19. The summed E-state index contributed by atoms with van der Waals surface area (Å²) >= 11 is 1.57. The van der Waals surface area contributed by atoms with Crippen LogP contribution in [0.1, 0.15) is 64.4 Å². The number of aromatic nitrogens is 3. The second-order valence-electron chi connectivity index (χ2n) is 8.49. The van der Waals surface area contributed by atoms with Crippen molar-refractivity contribution in [3.63, 3.8) is 0 Å². The van der Waals surface area contributed by atoms with Gasteiger partial charge < -0.3 is 4.74 Å². The molecule has 26 heavy (non-hydrogen) atoms. The summed E-state index contributed by atoms with van der Waals surface area (Å²) in [5.41, 5.74) is 1.10. The number of carbonyl (C=O) groups excluding carboxylic acids is 1. The molecular formula is C19H27N3O3S. The van der Waals surface area contributed by atoms with E-state index in [1.165, 1.54) is 4.88 Å². The van der Waals surface area contributed by atoms with Crippen molar-refractivity contribution < 1.29 is 9.53 Å². The van der Waals surface area contributed by atoms with Crippen molar-refractivity contribution in [2.24, 2.45) is 11.3 Å². The smallest absolute Gasteiger partial charge is 0.331 e. The molecule has 0 radical (unpaired) electrons. The number of aryl methyl sites for hydroxylation is 1. The summed E-state index contributed by atoms with van der Waals surface area (Å²) in [5.74, 6) is 0.130. The van der Waals surface area contributed by atoms with Crippen molar-refractivity contribution in [1.82, 2.24) is 15.0 Å². The molecule has 0 aliphatic heterocycles. The lowest BCUT2D eigenvalue weighted by molar-refractivity contribution is -0.151. The highest BCUT2D eigenvalue weighted by Crippen LogP contribution is 2.41. The fraction of sp³-hybridized carbons (Fsp3) is 0.684. The Hall–Kier alpha value is -1.76. The van der Waals surface area contributed by atoms with Crippen LogP contribution in [0.4, 0.5) is 0 Å². The van der Waals surface area contributed by atoms with Crippen molar-refractivity contribution in [2.75, 3.05) is 0 Å². The van der Waals surface area contributed by atoms with E-state index in [9.17, 15) is 9.59 Å². The van der Waals surface area contributed by atoms with Crippen molar-refractivity contribution in [3.8, 4) is 0 Å². The molecular weight excluding hydrogens is 350 g/mol. The third kappa shape index (κ3) is 3.41. The Morgan fingerprint density at radius 2 is 2.00 bits per heavy atom. The summed E-state index contributed by atoms with van der Waals surface area (Å²) < 4.78 is 6.38. The zero-order valence-corrected chi connectivity index (χ0v) is 17.1. The van der Waals surface area contributed by atoms with Gasteiger partial charge in [0.05, 0.1) is 11.5 Å². The van der Waals surface area contributed by atoms with E-state index in [0.29, 0.717) is 16.1 Å². The summed E-state index contributed by atoms with van der Waals surface area (Å²) in [7, 11) is 0. The predicted molar refractivity (Wildman–Crippen MR) is 103 cm³/mol. The number of esters is 1. The third-order valence-corrected chi connectivity index (χ3v) is 6.32. The molecule has 2 heterocycles. The van der Waals surface area contributed by atoms with Crippen LogP contribution < -0.4 is 5.56 Å². The van der Waals surface area contributed by atoms with Crippen LogP contribution in [0.5, 0.6) is 0 Å². The van der Waals surface area contributed by atoms with E-state index in [0.717, 1.165) is 29.5 Å². The number of ether oxygens (including phenoxy) is 1. The highest BCUT2D eigenvalue weighted by atomic mass is 32.1. The molecule has 0 bridgehead atoms. The maximum absolute atomic E-state index is 13.0. The van der Waals surface area contributed by atoms with Crippen molar-refractivity contribution in [1.29, 1.82) is 0 Å². The highest BCUT2D eigenvalue weighted by Gasteiger charge is 2.32. The van der Waals surface area contributed by atoms with E-state index >= 15 is 0 Å². The maximum atomic E-state index is 13.0. The van der Waals surface area contributed by atoms with Crippen LogP contribution in [0, 0.1) is 11.3 Å². The van der Waals surface area contributed by atoms with Crippen LogP contribution in [0.25, 0.3) is 10.2 Å². The zero-order valence-electron chi connectivity index (χ0n) is 16.3. The van der Waals surface area contributed by atoms with Crippen molar-refractivity contribution >= 4 is 27.5 Å². The Morgan fingerprint density at radius 1 is 1.31 bits per heavy atom. The third-order valence-electron chi connectivity index (χ3n) is 5.19. The molecule has 0 spiro atoms. The molecule has 3 rings (SSSR count). The molecule has 0 amide bonds. The fourth-order valence-corrected chi connectivity index (χ4v) is 4.76. The largest absolute Gasteiger partial charge is 0.461 e. The van der Waals surface area contributed by atoms with E-state index in [2.05, 4.69) is 31.1 Å². The molecule has 2 atom stereocenters. The van der Waals surface area contributed by atoms with Gasteiger partial charge in [-0.25, -0.2) is 4.79 Å². The van der Waals surface area contributed by atoms with Gasteiger partial charge >= 0.3 is 5.97 Å². The molecule has 0 fully saturated rings. The molecule has 1 aliphatic carbocycles. The number of hydrogen-bond donors (Lipinski definition) is 0. The summed E-state index contributed by atoms with van der Waals surface area (Å²) in [6, 6.07) is -0.789. The van der Waals surface area contributed by atoms with Gasteiger partial charge in [-0.2, -0.15) is 4.68 Å². The Morgan fingerprint density at radius 3 is 2.62 bits per heavy atom. The van der Waals surface area contributed by atoms with Gasteiger partial charge in [0.1, 0.15) is 0 Å². The van der Waals surface area contributed by atoms with Gasteiger partial charge in [0.25, 0.3) is 5.56 Å². The average Bonchev–Trinajstić information content (AvgIpc) is 2.91. The van der Waals surface area contributed by atoms with Crippen LogP contribution >= 0.6 is 11.3 Å². The van der Waals surface area contributed by atoms with Crippen molar-refractivity contribution in [3.05, 3.63) is 20.8 Å². The van der Waals surface area contributed by atoms with Gasteiger partial charge in [0, 0.05) is 4.88 Å². The second kappa shape index (κ2) is 6.76. The number of hydrogen-bond acceptors (Lipinski definition) is 6. The van der Waals surface area contributed by atoms with E-state index in [1.54, 1.807) is 32.1 Å². The van der Waals surface area contributed by atoms with E-state index in [1.807, 2.05) is 0 Å². The Labute approximate surface area is 157 Å². The molecule has 0 aromatic carbocycles. The first-order valence-corrected chi connectivity index (χ1v) is 10.0. The van der Waals surface area contributed by atoms with Crippen LogP contribution in [0.2, 0.25) is 0 Å². The van der Waals surface area contributed by atoms with Gasteiger partial charge in [-0.05, 0) is 56.9 Å². The number of thiophene rings is 1. The number of fused-ring (bicyclic) bond motifs is 3. The second-order valence-corrected chi connectivity index (χ2v) is 9.57. The summed E-state index contributed by atoms with van der Waals surface area (Å²) in [5, 5.41) is 8.89. The number of rotatable bonds is 3. The lowest BCUT2D eigenvalue weighted by atomic mass is 9.72. The van der Waals surface area contributed by atoms with Crippen LogP contribution in [-0.2, 0) is 22.4 Å². The quantitative estimate of drug-likeness (QED) is 0.765. The molecule has 1 aliphatic rings. The van der Waals surface area contributed by atoms with Crippen LogP contribution in [0.15, 0.2) is 4.79 Å². The number of nitrogens with zero attached hydrogens (tertiary/aromatic N) is 3. The average molecular weight is 378 g/mol. The molecule has 142 valence electrons. The van der Waals surface area contributed by atoms with E-state index < -0.39 is 12.0 Å². The maximum Gasteiger partial charge on any atom is 0.331 e. The molecule has 0 saturated carbocycles. The summed E-state index contributed by atoms with van der Waals surface area (Å²) in [6.07, 6.45) is 2.68. The molecule has 7 heteroatoms. The Balaban J connectivity index is 2.01. The van der Waals surface area contributed by atoms with Gasteiger partial charge in [0.2, 0.25) is 0 Å². The zero-order chi connectivity index (χ0) is 19.2. The number of carbonyl (C=O) groups is 1. The van der Waals surface area contributed by atoms with Crippen LogP contribution in [0.3, 0.4) is 0 Å². The van der Waals surface area contributed by atoms with Gasteiger partial charge in [-0.15, -0.1) is 16.4 Å². The van der Waals surface area contributed by atoms with Crippen LogP contribution in [-0.4, -0.2) is 27.1 Å².